The van der Waals surface area contributed by atoms with Crippen LogP contribution < -0.4 is 10.6 Å². The molecule has 6 nitrogen and oxygen atoms in total. The Bertz CT molecular complexity index is 665. The van der Waals surface area contributed by atoms with Gasteiger partial charge in [-0.05, 0) is 38.4 Å². The summed E-state index contributed by atoms with van der Waals surface area (Å²) in [6.07, 6.45) is 1.96. The molecule has 110 valence electrons. The van der Waals surface area contributed by atoms with Crippen molar-refractivity contribution in [2.24, 2.45) is 0 Å². The number of nitrogens with one attached hydrogen (secondary N) is 2. The van der Waals surface area contributed by atoms with Gasteiger partial charge in [0, 0.05) is 0 Å². The number of hydrogen-bond acceptors (Lipinski definition) is 5. The molecule has 1 atom stereocenters. The quantitative estimate of drug-likeness (QED) is 0.905. The third-order valence-electron chi connectivity index (χ3n) is 3.39. The SMILES string of the molecule is Cc1ccc(F)c(C(=O)Nc2nnc(C3CCCN3)o2)c1. The van der Waals surface area contributed by atoms with E-state index in [1.54, 1.807) is 13.0 Å². The van der Waals surface area contributed by atoms with E-state index in [4.69, 9.17) is 4.42 Å². The van der Waals surface area contributed by atoms with Crippen LogP contribution in [-0.4, -0.2) is 22.6 Å². The van der Waals surface area contributed by atoms with Crippen molar-refractivity contribution in [3.63, 3.8) is 0 Å². The summed E-state index contributed by atoms with van der Waals surface area (Å²) in [5.41, 5.74) is 0.747. The molecule has 1 aliphatic rings. The van der Waals surface area contributed by atoms with E-state index in [0.29, 0.717) is 5.89 Å². The number of carbonyl (C=O) groups is 1. The standard InChI is InChI=1S/C14H15FN4O2/c1-8-4-5-10(15)9(7-8)12(20)17-14-19-18-13(21-14)11-3-2-6-16-11/h4-5,7,11,16H,2-3,6H2,1H3,(H,17,19,20). The molecule has 21 heavy (non-hydrogen) atoms. The third kappa shape index (κ3) is 2.92. The molecule has 2 aromatic rings. The van der Waals surface area contributed by atoms with Crippen molar-refractivity contribution < 1.29 is 13.6 Å². The second-order valence-corrected chi connectivity index (χ2v) is 5.03. The van der Waals surface area contributed by atoms with E-state index in [1.807, 2.05) is 0 Å². The Kier molecular flexibility index (Phi) is 3.66. The Labute approximate surface area is 120 Å². The second-order valence-electron chi connectivity index (χ2n) is 5.03. The highest BCUT2D eigenvalue weighted by Crippen LogP contribution is 2.23. The lowest BCUT2D eigenvalue weighted by molar-refractivity contribution is 0.102. The lowest BCUT2D eigenvalue weighted by Gasteiger charge is -2.04. The normalized spacial score (nSPS) is 17.9. The van der Waals surface area contributed by atoms with E-state index < -0.39 is 11.7 Å². The Hall–Kier alpha value is -2.28. The molecule has 1 aromatic heterocycles. The number of halogens is 1. The van der Waals surface area contributed by atoms with Crippen LogP contribution in [-0.2, 0) is 0 Å². The minimum absolute atomic E-state index is 0.0235. The molecule has 1 fully saturated rings. The molecular weight excluding hydrogens is 275 g/mol. The Morgan fingerprint density at radius 3 is 3.10 bits per heavy atom. The van der Waals surface area contributed by atoms with Crippen LogP contribution in [0, 0.1) is 12.7 Å². The Morgan fingerprint density at radius 1 is 1.48 bits per heavy atom. The van der Waals surface area contributed by atoms with Gasteiger partial charge in [0.15, 0.2) is 0 Å². The number of nitrogens with zero attached hydrogens (tertiary/aromatic N) is 2. The number of anilines is 1. The van der Waals surface area contributed by atoms with E-state index in [-0.39, 0.29) is 17.6 Å². The van der Waals surface area contributed by atoms with E-state index in [2.05, 4.69) is 20.8 Å². The number of aryl methyl sites for hydroxylation is 1. The van der Waals surface area contributed by atoms with Gasteiger partial charge in [-0.25, -0.2) is 4.39 Å². The summed E-state index contributed by atoms with van der Waals surface area (Å²) in [5.74, 6) is -0.756. The van der Waals surface area contributed by atoms with Gasteiger partial charge in [-0.2, -0.15) is 0 Å². The summed E-state index contributed by atoms with van der Waals surface area (Å²) in [6, 6.07) is 4.33. The maximum Gasteiger partial charge on any atom is 0.322 e. The van der Waals surface area contributed by atoms with Gasteiger partial charge in [0.2, 0.25) is 5.89 Å². The van der Waals surface area contributed by atoms with Crippen molar-refractivity contribution in [3.05, 3.63) is 41.0 Å². The lowest BCUT2D eigenvalue weighted by atomic mass is 10.1. The van der Waals surface area contributed by atoms with Gasteiger partial charge >= 0.3 is 6.01 Å². The minimum atomic E-state index is -0.606. The summed E-state index contributed by atoms with van der Waals surface area (Å²) < 4.78 is 19.0. The predicted octanol–water partition coefficient (Wildman–Crippen LogP) is 2.19. The van der Waals surface area contributed by atoms with Crippen LogP contribution >= 0.6 is 0 Å². The zero-order chi connectivity index (χ0) is 14.8. The lowest BCUT2D eigenvalue weighted by Crippen LogP contribution is -2.14. The summed E-state index contributed by atoms with van der Waals surface area (Å²) >= 11 is 0. The smallest absolute Gasteiger partial charge is 0.322 e. The molecule has 1 aliphatic heterocycles. The van der Waals surface area contributed by atoms with Gasteiger partial charge in [-0.15, -0.1) is 5.10 Å². The van der Waals surface area contributed by atoms with Crippen molar-refractivity contribution in [2.45, 2.75) is 25.8 Å². The van der Waals surface area contributed by atoms with Gasteiger partial charge < -0.3 is 9.73 Å². The molecule has 0 saturated carbocycles. The summed E-state index contributed by atoms with van der Waals surface area (Å²) in [5, 5.41) is 13.3. The fraction of sp³-hybridized carbons (Fsp3) is 0.357. The van der Waals surface area contributed by atoms with Gasteiger partial charge in [0.25, 0.3) is 5.91 Å². The molecule has 7 heteroatoms. The van der Waals surface area contributed by atoms with Crippen LogP contribution in [0.15, 0.2) is 22.6 Å². The average Bonchev–Trinajstić information content (AvgIpc) is 3.11. The second kappa shape index (κ2) is 5.61. The third-order valence-corrected chi connectivity index (χ3v) is 3.39. The topological polar surface area (TPSA) is 80.0 Å². The van der Waals surface area contributed by atoms with Gasteiger partial charge in [-0.3, -0.25) is 10.1 Å². The van der Waals surface area contributed by atoms with Crippen molar-refractivity contribution in [1.29, 1.82) is 0 Å². The molecule has 0 aliphatic carbocycles. The van der Waals surface area contributed by atoms with Gasteiger partial charge in [0.1, 0.15) is 5.82 Å². The molecule has 1 aromatic carbocycles. The van der Waals surface area contributed by atoms with Crippen LogP contribution in [0.1, 0.15) is 40.7 Å². The Balaban J connectivity index is 1.74. The molecule has 1 amide bonds. The molecule has 1 saturated heterocycles. The van der Waals surface area contributed by atoms with Crippen molar-refractivity contribution in [2.75, 3.05) is 11.9 Å². The van der Waals surface area contributed by atoms with Crippen LogP contribution in [0.25, 0.3) is 0 Å². The fourth-order valence-electron chi connectivity index (χ4n) is 2.30. The van der Waals surface area contributed by atoms with E-state index in [1.165, 1.54) is 12.1 Å². The highest BCUT2D eigenvalue weighted by molar-refractivity contribution is 6.03. The summed E-state index contributed by atoms with van der Waals surface area (Å²) in [7, 11) is 0. The molecule has 2 N–H and O–H groups in total. The zero-order valence-corrected chi connectivity index (χ0v) is 11.5. The predicted molar refractivity (Wildman–Crippen MR) is 73.4 cm³/mol. The maximum absolute atomic E-state index is 13.6. The first-order valence-electron chi connectivity index (χ1n) is 6.78. The monoisotopic (exact) mass is 290 g/mol. The van der Waals surface area contributed by atoms with Crippen molar-refractivity contribution >= 4 is 11.9 Å². The largest absolute Gasteiger partial charge is 0.406 e. The molecule has 0 spiro atoms. The first kappa shape index (κ1) is 13.7. The number of aromatic nitrogens is 2. The van der Waals surface area contributed by atoms with E-state index in [0.717, 1.165) is 24.9 Å². The van der Waals surface area contributed by atoms with Crippen LogP contribution in [0.4, 0.5) is 10.4 Å². The Morgan fingerprint density at radius 2 is 2.33 bits per heavy atom. The molecule has 1 unspecified atom stereocenters. The van der Waals surface area contributed by atoms with Gasteiger partial charge in [-0.1, -0.05) is 16.7 Å². The zero-order valence-electron chi connectivity index (χ0n) is 11.5. The number of amides is 1. The number of hydrogen-bond donors (Lipinski definition) is 2. The van der Waals surface area contributed by atoms with Crippen LogP contribution in [0.2, 0.25) is 0 Å². The van der Waals surface area contributed by atoms with Crippen LogP contribution in [0.5, 0.6) is 0 Å². The highest BCUT2D eigenvalue weighted by Gasteiger charge is 2.23. The highest BCUT2D eigenvalue weighted by atomic mass is 19.1. The summed E-state index contributed by atoms with van der Waals surface area (Å²) in [4.78, 5) is 12.0. The average molecular weight is 290 g/mol. The number of benzene rings is 1. The number of rotatable bonds is 3. The minimum Gasteiger partial charge on any atom is -0.406 e. The van der Waals surface area contributed by atoms with E-state index in [9.17, 15) is 9.18 Å². The molecule has 0 radical (unpaired) electrons. The molecule has 3 rings (SSSR count). The number of carbonyl (C=O) groups excluding carboxylic acids is 1. The molecule has 2 heterocycles. The van der Waals surface area contributed by atoms with Crippen LogP contribution in [0.3, 0.4) is 0 Å². The first-order valence-corrected chi connectivity index (χ1v) is 6.78. The van der Waals surface area contributed by atoms with Crippen molar-refractivity contribution in [1.82, 2.24) is 15.5 Å². The molecular formula is C14H15FN4O2. The fourth-order valence-corrected chi connectivity index (χ4v) is 2.30. The first-order chi connectivity index (χ1) is 10.1. The van der Waals surface area contributed by atoms with E-state index >= 15 is 0 Å². The summed E-state index contributed by atoms with van der Waals surface area (Å²) in [6.45, 7) is 2.69. The molecule has 0 bridgehead atoms. The maximum atomic E-state index is 13.6. The van der Waals surface area contributed by atoms with Crippen molar-refractivity contribution in [3.8, 4) is 0 Å². The van der Waals surface area contributed by atoms with Gasteiger partial charge in [0.05, 0.1) is 11.6 Å².